The van der Waals surface area contributed by atoms with Gasteiger partial charge in [-0.05, 0) is 19.1 Å². The molecule has 4 nitrogen and oxygen atoms in total. The van der Waals surface area contributed by atoms with Crippen molar-refractivity contribution in [1.29, 1.82) is 5.26 Å². The summed E-state index contributed by atoms with van der Waals surface area (Å²) >= 11 is 3.23. The molecule has 5 heteroatoms. The third kappa shape index (κ3) is 3.40. The Kier molecular flexibility index (Phi) is 4.85. The Labute approximate surface area is 107 Å². The van der Waals surface area contributed by atoms with Crippen LogP contribution in [0.2, 0.25) is 0 Å². The predicted octanol–water partition coefficient (Wildman–Crippen LogP) is 2.33. The highest BCUT2D eigenvalue weighted by molar-refractivity contribution is 9.10. The molecule has 0 saturated heterocycles. The van der Waals surface area contributed by atoms with Crippen molar-refractivity contribution in [1.82, 2.24) is 0 Å². The van der Waals surface area contributed by atoms with Crippen molar-refractivity contribution in [3.8, 4) is 6.07 Å². The average Bonchev–Trinajstić information content (AvgIpc) is 2.31. The van der Waals surface area contributed by atoms with E-state index in [0.29, 0.717) is 5.56 Å². The highest BCUT2D eigenvalue weighted by Gasteiger charge is 2.28. The Hall–Kier alpha value is -1.67. The summed E-state index contributed by atoms with van der Waals surface area (Å²) in [5.41, 5.74) is 0.313. The van der Waals surface area contributed by atoms with Crippen LogP contribution >= 0.6 is 15.9 Å². The van der Waals surface area contributed by atoms with Gasteiger partial charge in [-0.25, -0.2) is 0 Å². The molecule has 0 aliphatic heterocycles. The molecule has 0 radical (unpaired) electrons. The van der Waals surface area contributed by atoms with Gasteiger partial charge in [0.15, 0.2) is 5.78 Å². The number of halogens is 1. The van der Waals surface area contributed by atoms with E-state index in [4.69, 9.17) is 5.26 Å². The van der Waals surface area contributed by atoms with Crippen LogP contribution in [0.5, 0.6) is 0 Å². The summed E-state index contributed by atoms with van der Waals surface area (Å²) in [6, 6.07) is 8.11. The van der Waals surface area contributed by atoms with Crippen molar-refractivity contribution < 1.29 is 14.3 Å². The molecule has 0 aliphatic rings. The fourth-order valence-electron chi connectivity index (χ4n) is 1.22. The largest absolute Gasteiger partial charge is 0.465 e. The van der Waals surface area contributed by atoms with Gasteiger partial charge in [0.25, 0.3) is 0 Å². The first-order valence-corrected chi connectivity index (χ1v) is 5.75. The van der Waals surface area contributed by atoms with Crippen molar-refractivity contribution in [2.75, 3.05) is 6.61 Å². The lowest BCUT2D eigenvalue weighted by Gasteiger charge is -2.07. The van der Waals surface area contributed by atoms with Gasteiger partial charge >= 0.3 is 5.97 Å². The smallest absolute Gasteiger partial charge is 0.331 e. The highest BCUT2D eigenvalue weighted by atomic mass is 79.9. The van der Waals surface area contributed by atoms with Gasteiger partial charge in [-0.15, -0.1) is 0 Å². The summed E-state index contributed by atoms with van der Waals surface area (Å²) in [6.45, 7) is 1.76. The fourth-order valence-corrected chi connectivity index (χ4v) is 1.49. The Balaban J connectivity index is 2.91. The van der Waals surface area contributed by atoms with E-state index in [9.17, 15) is 9.59 Å². The van der Waals surface area contributed by atoms with Crippen LogP contribution in [0.25, 0.3) is 0 Å². The van der Waals surface area contributed by atoms with E-state index in [0.717, 1.165) is 4.47 Å². The van der Waals surface area contributed by atoms with Crippen molar-refractivity contribution >= 4 is 27.7 Å². The SMILES string of the molecule is CCOC(=O)C(C#N)C(=O)c1ccc(Br)cc1. The lowest BCUT2D eigenvalue weighted by atomic mass is 9.99. The summed E-state index contributed by atoms with van der Waals surface area (Å²) < 4.78 is 5.49. The van der Waals surface area contributed by atoms with Crippen molar-refractivity contribution in [3.63, 3.8) is 0 Å². The normalized spacial score (nSPS) is 11.4. The number of rotatable bonds is 4. The van der Waals surface area contributed by atoms with Crippen LogP contribution in [-0.2, 0) is 9.53 Å². The molecule has 0 bridgehead atoms. The number of ketones is 1. The molecule has 88 valence electrons. The molecule has 1 unspecified atom stereocenters. The summed E-state index contributed by atoms with van der Waals surface area (Å²) in [5, 5.41) is 8.83. The first-order valence-electron chi connectivity index (χ1n) is 4.96. The molecule has 0 saturated carbocycles. The first kappa shape index (κ1) is 13.4. The van der Waals surface area contributed by atoms with Gasteiger partial charge in [-0.1, -0.05) is 28.1 Å². The molecule has 0 N–H and O–H groups in total. The van der Waals surface area contributed by atoms with Gasteiger partial charge in [0.1, 0.15) is 0 Å². The maximum atomic E-state index is 11.9. The lowest BCUT2D eigenvalue weighted by molar-refractivity contribution is -0.144. The Morgan fingerprint density at radius 3 is 2.47 bits per heavy atom. The number of carbonyl (C=O) groups excluding carboxylic acids is 2. The molecule has 0 spiro atoms. The molecular formula is C12H10BrNO3. The van der Waals surface area contributed by atoms with Crippen molar-refractivity contribution in [3.05, 3.63) is 34.3 Å². The summed E-state index contributed by atoms with van der Waals surface area (Å²) in [5.74, 6) is -2.74. The summed E-state index contributed by atoms with van der Waals surface area (Å²) in [6.07, 6.45) is 0. The minimum atomic E-state index is -1.39. The Morgan fingerprint density at radius 2 is 2.00 bits per heavy atom. The highest BCUT2D eigenvalue weighted by Crippen LogP contribution is 2.14. The third-order valence-electron chi connectivity index (χ3n) is 2.04. The zero-order chi connectivity index (χ0) is 12.8. The van der Waals surface area contributed by atoms with E-state index in [1.807, 2.05) is 0 Å². The molecule has 0 fully saturated rings. The number of benzene rings is 1. The quantitative estimate of drug-likeness (QED) is 0.486. The molecule has 0 aromatic heterocycles. The Bertz CT molecular complexity index is 462. The van der Waals surface area contributed by atoms with Crippen LogP contribution in [0.15, 0.2) is 28.7 Å². The second-order valence-corrected chi connectivity index (χ2v) is 4.10. The molecule has 1 aromatic rings. The third-order valence-corrected chi connectivity index (χ3v) is 2.57. The lowest BCUT2D eigenvalue weighted by Crippen LogP contribution is -2.24. The Morgan fingerprint density at radius 1 is 1.41 bits per heavy atom. The summed E-state index contributed by atoms with van der Waals surface area (Å²) in [7, 11) is 0. The zero-order valence-electron chi connectivity index (χ0n) is 9.14. The molecule has 0 amide bonds. The van der Waals surface area contributed by atoms with Gasteiger partial charge in [0, 0.05) is 10.0 Å². The molecule has 1 aromatic carbocycles. The van der Waals surface area contributed by atoms with E-state index in [1.165, 1.54) is 0 Å². The number of ether oxygens (including phenoxy) is 1. The second-order valence-electron chi connectivity index (χ2n) is 3.19. The van der Waals surface area contributed by atoms with Crippen molar-refractivity contribution in [2.45, 2.75) is 6.92 Å². The van der Waals surface area contributed by atoms with Crippen LogP contribution in [0, 0.1) is 17.2 Å². The molecule has 17 heavy (non-hydrogen) atoms. The zero-order valence-corrected chi connectivity index (χ0v) is 10.7. The van der Waals surface area contributed by atoms with Crippen LogP contribution in [0.3, 0.4) is 0 Å². The number of nitriles is 1. The number of Topliss-reactive ketones (excluding diaryl/α,β-unsaturated/α-hetero) is 1. The number of hydrogen-bond donors (Lipinski definition) is 0. The van der Waals surface area contributed by atoms with Crippen molar-refractivity contribution in [2.24, 2.45) is 5.92 Å². The fraction of sp³-hybridized carbons (Fsp3) is 0.250. The molecular weight excluding hydrogens is 286 g/mol. The predicted molar refractivity (Wildman–Crippen MR) is 64.2 cm³/mol. The molecule has 1 rings (SSSR count). The molecule has 0 heterocycles. The van der Waals surface area contributed by atoms with E-state index < -0.39 is 17.7 Å². The standard InChI is InChI=1S/C12H10BrNO3/c1-2-17-12(16)10(7-14)11(15)8-3-5-9(13)6-4-8/h3-6,10H,2H2,1H3. The number of hydrogen-bond acceptors (Lipinski definition) is 4. The van der Waals surface area contributed by atoms with Gasteiger partial charge in [-0.3, -0.25) is 9.59 Å². The van der Waals surface area contributed by atoms with E-state index in [-0.39, 0.29) is 6.61 Å². The monoisotopic (exact) mass is 295 g/mol. The van der Waals surface area contributed by atoms with Crippen LogP contribution < -0.4 is 0 Å². The molecule has 1 atom stereocenters. The number of esters is 1. The second kappa shape index (κ2) is 6.16. The minimum absolute atomic E-state index is 0.143. The van der Waals surface area contributed by atoms with E-state index in [1.54, 1.807) is 37.3 Å². The van der Waals surface area contributed by atoms with Gasteiger partial charge in [0.2, 0.25) is 5.92 Å². The number of nitrogens with zero attached hydrogens (tertiary/aromatic N) is 1. The maximum absolute atomic E-state index is 11.9. The molecule has 0 aliphatic carbocycles. The minimum Gasteiger partial charge on any atom is -0.465 e. The van der Waals surface area contributed by atoms with E-state index >= 15 is 0 Å². The topological polar surface area (TPSA) is 67.2 Å². The van der Waals surface area contributed by atoms with Gasteiger partial charge < -0.3 is 4.74 Å². The van der Waals surface area contributed by atoms with Gasteiger partial charge in [-0.2, -0.15) is 5.26 Å². The first-order chi connectivity index (χ1) is 8.10. The van der Waals surface area contributed by atoms with Crippen LogP contribution in [-0.4, -0.2) is 18.4 Å². The maximum Gasteiger partial charge on any atom is 0.331 e. The van der Waals surface area contributed by atoms with Gasteiger partial charge in [0.05, 0.1) is 12.7 Å². The van der Waals surface area contributed by atoms with Crippen LogP contribution in [0.1, 0.15) is 17.3 Å². The summed E-state index contributed by atoms with van der Waals surface area (Å²) in [4.78, 5) is 23.2. The van der Waals surface area contributed by atoms with E-state index in [2.05, 4.69) is 20.7 Å². The van der Waals surface area contributed by atoms with Crippen LogP contribution in [0.4, 0.5) is 0 Å². The number of carbonyl (C=O) groups is 2. The average molecular weight is 296 g/mol.